The zero-order valence-corrected chi connectivity index (χ0v) is 11.2. The number of rotatable bonds is 5. The number of carboxylic acid groups (broad SMARTS) is 1. The molecule has 0 aromatic carbocycles. The molecule has 8 heteroatoms. The van der Waals surface area contributed by atoms with Crippen LogP contribution in [0, 0.1) is 10.1 Å². The number of nitrogens with zero attached hydrogens (tertiary/aromatic N) is 2. The van der Waals surface area contributed by atoms with Crippen molar-refractivity contribution in [1.82, 2.24) is 4.98 Å². The van der Waals surface area contributed by atoms with Crippen molar-refractivity contribution in [2.45, 2.75) is 23.5 Å². The lowest BCUT2D eigenvalue weighted by Gasteiger charge is -2.10. The predicted molar refractivity (Wildman–Crippen MR) is 66.2 cm³/mol. The standard InChI is InChI=1S/C9H9BrN2O4S/c1-2-7(9(13)14)17-8-5(10)3-11-4-6(8)12(15)16/h3-4,7H,2H2,1H3,(H,13,14). The molecule has 0 amide bonds. The van der Waals surface area contributed by atoms with Crippen LogP contribution in [0.2, 0.25) is 0 Å². The molecule has 0 saturated carbocycles. The molecule has 0 aliphatic heterocycles. The lowest BCUT2D eigenvalue weighted by atomic mass is 10.3. The van der Waals surface area contributed by atoms with Crippen LogP contribution in [0.3, 0.4) is 0 Å². The molecule has 1 unspecified atom stereocenters. The Bertz CT molecular complexity index is 455. The summed E-state index contributed by atoms with van der Waals surface area (Å²) < 4.78 is 0.427. The monoisotopic (exact) mass is 320 g/mol. The van der Waals surface area contributed by atoms with E-state index >= 15 is 0 Å². The van der Waals surface area contributed by atoms with Crippen LogP contribution in [0.1, 0.15) is 13.3 Å². The number of carbonyl (C=O) groups is 1. The highest BCUT2D eigenvalue weighted by Crippen LogP contribution is 2.38. The van der Waals surface area contributed by atoms with E-state index in [2.05, 4.69) is 20.9 Å². The molecule has 1 atom stereocenters. The van der Waals surface area contributed by atoms with E-state index in [4.69, 9.17) is 5.11 Å². The Morgan fingerprint density at radius 2 is 2.35 bits per heavy atom. The predicted octanol–water partition coefficient (Wildman–Crippen LogP) is 2.71. The topological polar surface area (TPSA) is 93.3 Å². The Morgan fingerprint density at radius 3 is 2.82 bits per heavy atom. The average molecular weight is 321 g/mol. The zero-order chi connectivity index (χ0) is 13.0. The molecule has 0 radical (unpaired) electrons. The number of thioether (sulfide) groups is 1. The van der Waals surface area contributed by atoms with E-state index in [1.165, 1.54) is 6.20 Å². The Hall–Kier alpha value is -1.15. The minimum atomic E-state index is -0.990. The molecule has 0 aliphatic rings. The van der Waals surface area contributed by atoms with E-state index in [1.54, 1.807) is 6.92 Å². The maximum Gasteiger partial charge on any atom is 0.316 e. The van der Waals surface area contributed by atoms with E-state index in [-0.39, 0.29) is 5.69 Å². The van der Waals surface area contributed by atoms with Crippen molar-refractivity contribution in [2.24, 2.45) is 0 Å². The van der Waals surface area contributed by atoms with Crippen LogP contribution in [0.5, 0.6) is 0 Å². The van der Waals surface area contributed by atoms with Crippen LogP contribution in [-0.2, 0) is 4.79 Å². The fourth-order valence-electron chi connectivity index (χ4n) is 1.11. The molecule has 1 aromatic heterocycles. The van der Waals surface area contributed by atoms with Gasteiger partial charge in [0.25, 0.3) is 0 Å². The average Bonchev–Trinajstić information content (AvgIpc) is 2.26. The second-order valence-electron chi connectivity index (χ2n) is 3.08. The first-order chi connectivity index (χ1) is 7.97. The highest BCUT2D eigenvalue weighted by Gasteiger charge is 2.24. The molecule has 0 aliphatic carbocycles. The summed E-state index contributed by atoms with van der Waals surface area (Å²) in [6, 6.07) is 0. The third-order valence-electron chi connectivity index (χ3n) is 1.94. The van der Waals surface area contributed by atoms with Crippen LogP contribution in [-0.4, -0.2) is 26.2 Å². The molecular formula is C9H9BrN2O4S. The Morgan fingerprint density at radius 1 is 1.71 bits per heavy atom. The number of aliphatic carboxylic acids is 1. The third kappa shape index (κ3) is 3.40. The number of nitro groups is 1. The van der Waals surface area contributed by atoms with Crippen molar-refractivity contribution in [3.05, 3.63) is 27.0 Å². The zero-order valence-electron chi connectivity index (χ0n) is 8.79. The molecule has 6 nitrogen and oxygen atoms in total. The molecule has 0 bridgehead atoms. The van der Waals surface area contributed by atoms with Crippen molar-refractivity contribution in [2.75, 3.05) is 0 Å². The molecule has 0 spiro atoms. The van der Waals surface area contributed by atoms with Crippen molar-refractivity contribution in [3.8, 4) is 0 Å². The minimum Gasteiger partial charge on any atom is -0.480 e. The second kappa shape index (κ2) is 5.97. The minimum absolute atomic E-state index is 0.191. The number of aromatic nitrogens is 1. The Labute approximate surface area is 110 Å². The number of hydrogen-bond acceptors (Lipinski definition) is 5. The van der Waals surface area contributed by atoms with Gasteiger partial charge in [-0.25, -0.2) is 0 Å². The summed E-state index contributed by atoms with van der Waals surface area (Å²) in [6.45, 7) is 1.71. The summed E-state index contributed by atoms with van der Waals surface area (Å²) in [5.41, 5.74) is -0.191. The van der Waals surface area contributed by atoms with Gasteiger partial charge in [0.15, 0.2) is 0 Å². The first-order valence-corrected chi connectivity index (χ1v) is 6.32. The largest absolute Gasteiger partial charge is 0.480 e. The van der Waals surface area contributed by atoms with Gasteiger partial charge in [-0.1, -0.05) is 6.92 Å². The molecule has 92 valence electrons. The molecule has 1 rings (SSSR count). The first-order valence-electron chi connectivity index (χ1n) is 4.64. The van der Waals surface area contributed by atoms with E-state index in [1.807, 2.05) is 0 Å². The third-order valence-corrected chi connectivity index (χ3v) is 4.29. The van der Waals surface area contributed by atoms with E-state index in [0.717, 1.165) is 18.0 Å². The van der Waals surface area contributed by atoms with E-state index in [0.29, 0.717) is 15.8 Å². The van der Waals surface area contributed by atoms with Crippen LogP contribution in [0.25, 0.3) is 0 Å². The lowest BCUT2D eigenvalue weighted by molar-refractivity contribution is -0.388. The van der Waals surface area contributed by atoms with Gasteiger partial charge in [-0.15, -0.1) is 11.8 Å². The SMILES string of the molecule is CCC(Sc1c(Br)cncc1[N+](=O)[O-])C(=O)O. The molecule has 0 saturated heterocycles. The van der Waals surface area contributed by atoms with Gasteiger partial charge in [-0.05, 0) is 22.4 Å². The summed E-state index contributed by atoms with van der Waals surface area (Å²) >= 11 is 4.09. The first kappa shape index (κ1) is 13.9. The number of hydrogen-bond donors (Lipinski definition) is 1. The molecule has 1 heterocycles. The van der Waals surface area contributed by atoms with Gasteiger partial charge in [0.1, 0.15) is 16.3 Å². The fourth-order valence-corrected chi connectivity index (χ4v) is 2.68. The van der Waals surface area contributed by atoms with Crippen molar-refractivity contribution < 1.29 is 14.8 Å². The molecule has 0 fully saturated rings. The fraction of sp³-hybridized carbons (Fsp3) is 0.333. The van der Waals surface area contributed by atoms with Crippen molar-refractivity contribution in [3.63, 3.8) is 0 Å². The van der Waals surface area contributed by atoms with Gasteiger partial charge < -0.3 is 5.11 Å². The van der Waals surface area contributed by atoms with Gasteiger partial charge in [-0.2, -0.15) is 0 Å². The summed E-state index contributed by atoms with van der Waals surface area (Å²) in [4.78, 5) is 25.1. The van der Waals surface area contributed by atoms with Gasteiger partial charge in [-0.3, -0.25) is 19.9 Å². The quantitative estimate of drug-likeness (QED) is 0.509. The number of pyridine rings is 1. The molecule has 17 heavy (non-hydrogen) atoms. The molecule has 1 N–H and O–H groups in total. The Balaban J connectivity index is 3.12. The molecular weight excluding hydrogens is 312 g/mol. The maximum absolute atomic E-state index is 10.9. The highest BCUT2D eigenvalue weighted by atomic mass is 79.9. The number of halogens is 1. The van der Waals surface area contributed by atoms with Crippen LogP contribution < -0.4 is 0 Å². The lowest BCUT2D eigenvalue weighted by Crippen LogP contribution is -2.15. The van der Waals surface area contributed by atoms with Gasteiger partial charge in [0, 0.05) is 6.20 Å². The van der Waals surface area contributed by atoms with Crippen LogP contribution in [0.4, 0.5) is 5.69 Å². The maximum atomic E-state index is 10.9. The number of carboxylic acids is 1. The Kier molecular flexibility index (Phi) is 4.88. The summed E-state index contributed by atoms with van der Waals surface area (Å²) in [5, 5.41) is 19.0. The normalized spacial score (nSPS) is 12.1. The van der Waals surface area contributed by atoms with Crippen LogP contribution in [0.15, 0.2) is 21.8 Å². The summed E-state index contributed by atoms with van der Waals surface area (Å²) in [7, 11) is 0. The summed E-state index contributed by atoms with van der Waals surface area (Å²) in [5.74, 6) is -0.990. The van der Waals surface area contributed by atoms with E-state index < -0.39 is 16.1 Å². The smallest absolute Gasteiger partial charge is 0.316 e. The van der Waals surface area contributed by atoms with Gasteiger partial charge >= 0.3 is 11.7 Å². The van der Waals surface area contributed by atoms with Gasteiger partial charge in [0.05, 0.1) is 9.40 Å². The highest BCUT2D eigenvalue weighted by molar-refractivity contribution is 9.10. The van der Waals surface area contributed by atoms with Crippen molar-refractivity contribution in [1.29, 1.82) is 0 Å². The summed E-state index contributed by atoms with van der Waals surface area (Å²) in [6.07, 6.45) is 2.90. The van der Waals surface area contributed by atoms with E-state index in [9.17, 15) is 14.9 Å². The van der Waals surface area contributed by atoms with Crippen LogP contribution >= 0.6 is 27.7 Å². The van der Waals surface area contributed by atoms with Crippen molar-refractivity contribution >= 4 is 39.3 Å². The second-order valence-corrected chi connectivity index (χ2v) is 5.15. The molecule has 1 aromatic rings. The van der Waals surface area contributed by atoms with Gasteiger partial charge in [0.2, 0.25) is 0 Å².